The number of nitrogens with zero attached hydrogens (tertiary/aromatic N) is 1. The molecule has 0 amide bonds. The van der Waals surface area contributed by atoms with Gasteiger partial charge in [0.25, 0.3) is 0 Å². The van der Waals surface area contributed by atoms with E-state index in [1.54, 1.807) is 13.2 Å². The molecular weight excluding hydrogens is 311 g/mol. The minimum absolute atomic E-state index is 0.0497. The van der Waals surface area contributed by atoms with Crippen LogP contribution in [0, 0.1) is 5.82 Å². The fourth-order valence-corrected chi connectivity index (χ4v) is 3.19. The molecule has 0 aliphatic rings. The molecule has 1 unspecified atom stereocenters. The Bertz CT molecular complexity index is 786. The Morgan fingerprint density at radius 3 is 2.52 bits per heavy atom. The number of nitrogens with two attached hydrogens (primary N) is 1. The molecule has 0 bridgehead atoms. The van der Waals surface area contributed by atoms with Crippen LogP contribution in [0.2, 0.25) is 0 Å². The highest BCUT2D eigenvalue weighted by molar-refractivity contribution is 7.13. The first-order chi connectivity index (χ1) is 11.2. The number of hydrogen-bond donors (Lipinski definition) is 1. The van der Waals surface area contributed by atoms with E-state index in [0.717, 1.165) is 17.0 Å². The van der Waals surface area contributed by atoms with Crippen molar-refractivity contribution in [2.75, 3.05) is 12.8 Å². The van der Waals surface area contributed by atoms with Crippen LogP contribution in [0.15, 0.2) is 53.9 Å². The first kappa shape index (κ1) is 15.5. The van der Waals surface area contributed by atoms with Crippen molar-refractivity contribution in [3.8, 4) is 5.75 Å². The van der Waals surface area contributed by atoms with E-state index in [4.69, 9.17) is 10.5 Å². The number of hydrogen-bond acceptors (Lipinski definition) is 4. The van der Waals surface area contributed by atoms with Crippen molar-refractivity contribution in [2.24, 2.45) is 0 Å². The minimum atomic E-state index is -0.200. The van der Waals surface area contributed by atoms with E-state index in [1.807, 2.05) is 41.8 Å². The van der Waals surface area contributed by atoms with Gasteiger partial charge >= 0.3 is 0 Å². The van der Waals surface area contributed by atoms with Gasteiger partial charge in [-0.3, -0.25) is 0 Å². The van der Waals surface area contributed by atoms with Crippen molar-refractivity contribution in [1.82, 2.24) is 4.98 Å². The Hall–Kier alpha value is -2.40. The summed E-state index contributed by atoms with van der Waals surface area (Å²) in [6.07, 6.45) is 0.530. The molecule has 0 radical (unpaired) electrons. The summed E-state index contributed by atoms with van der Waals surface area (Å²) < 4.78 is 19.2. The highest BCUT2D eigenvalue weighted by Crippen LogP contribution is 2.31. The summed E-state index contributed by atoms with van der Waals surface area (Å²) in [5.74, 6) is 0.539. The quantitative estimate of drug-likeness (QED) is 0.762. The van der Waals surface area contributed by atoms with E-state index >= 15 is 0 Å². The number of methoxy groups -OCH3 is 1. The van der Waals surface area contributed by atoms with Crippen molar-refractivity contribution in [2.45, 2.75) is 12.3 Å². The maximum Gasteiger partial charge on any atom is 0.180 e. The molecule has 1 aromatic heterocycles. The highest BCUT2D eigenvalue weighted by Gasteiger charge is 2.19. The third-order valence-electron chi connectivity index (χ3n) is 3.80. The van der Waals surface area contributed by atoms with E-state index in [2.05, 4.69) is 4.98 Å². The van der Waals surface area contributed by atoms with Gasteiger partial charge in [0.2, 0.25) is 0 Å². The van der Waals surface area contributed by atoms with E-state index in [-0.39, 0.29) is 11.7 Å². The van der Waals surface area contributed by atoms with Crippen molar-refractivity contribution in [1.29, 1.82) is 0 Å². The van der Waals surface area contributed by atoms with Crippen LogP contribution in [0.4, 0.5) is 9.52 Å². The Kier molecular flexibility index (Phi) is 4.57. The van der Waals surface area contributed by atoms with Crippen molar-refractivity contribution in [3.63, 3.8) is 0 Å². The smallest absolute Gasteiger partial charge is 0.180 e. The van der Waals surface area contributed by atoms with Crippen molar-refractivity contribution in [3.05, 3.63) is 76.5 Å². The molecule has 3 rings (SSSR count). The van der Waals surface area contributed by atoms with E-state index in [0.29, 0.717) is 17.1 Å². The van der Waals surface area contributed by atoms with Crippen LogP contribution in [0.5, 0.6) is 5.75 Å². The molecule has 0 saturated heterocycles. The number of halogens is 1. The second-order valence-electron chi connectivity index (χ2n) is 5.23. The molecule has 5 heteroatoms. The first-order valence-electron chi connectivity index (χ1n) is 7.25. The molecule has 118 valence electrons. The van der Waals surface area contributed by atoms with Gasteiger partial charge in [0.15, 0.2) is 5.13 Å². The van der Waals surface area contributed by atoms with Gasteiger partial charge in [0.05, 0.1) is 12.8 Å². The maximum atomic E-state index is 14.0. The second kappa shape index (κ2) is 6.79. The molecule has 1 heterocycles. The third-order valence-corrected chi connectivity index (χ3v) is 4.49. The van der Waals surface area contributed by atoms with Gasteiger partial charge in [-0.05, 0) is 35.7 Å². The summed E-state index contributed by atoms with van der Waals surface area (Å²) in [6, 6.07) is 14.6. The SMILES string of the molecule is COc1ccc(C(Cc2ccccc2F)c2csc(N)n2)cc1. The van der Waals surface area contributed by atoms with Crippen molar-refractivity contribution >= 4 is 16.5 Å². The van der Waals surface area contributed by atoms with Crippen LogP contribution in [0.1, 0.15) is 22.7 Å². The summed E-state index contributed by atoms with van der Waals surface area (Å²) in [6.45, 7) is 0. The normalized spacial score (nSPS) is 12.1. The summed E-state index contributed by atoms with van der Waals surface area (Å²) in [7, 11) is 1.63. The molecule has 0 fully saturated rings. The molecule has 0 spiro atoms. The predicted molar refractivity (Wildman–Crippen MR) is 91.5 cm³/mol. The molecule has 2 aromatic carbocycles. The minimum Gasteiger partial charge on any atom is -0.497 e. The second-order valence-corrected chi connectivity index (χ2v) is 6.12. The van der Waals surface area contributed by atoms with Crippen LogP contribution >= 0.6 is 11.3 Å². The van der Waals surface area contributed by atoms with Crippen LogP contribution < -0.4 is 10.5 Å². The summed E-state index contributed by atoms with van der Waals surface area (Å²) in [5, 5.41) is 2.46. The number of benzene rings is 2. The molecule has 0 saturated carbocycles. The highest BCUT2D eigenvalue weighted by atomic mass is 32.1. The molecule has 3 nitrogen and oxygen atoms in total. The van der Waals surface area contributed by atoms with E-state index in [1.165, 1.54) is 17.4 Å². The number of rotatable bonds is 5. The number of aromatic nitrogens is 1. The number of nitrogen functional groups attached to an aromatic ring is 1. The van der Waals surface area contributed by atoms with Crippen LogP contribution in [-0.4, -0.2) is 12.1 Å². The molecule has 1 atom stereocenters. The van der Waals surface area contributed by atoms with Gasteiger partial charge in [-0.25, -0.2) is 9.37 Å². The zero-order valence-corrected chi connectivity index (χ0v) is 13.5. The van der Waals surface area contributed by atoms with Gasteiger partial charge in [-0.1, -0.05) is 30.3 Å². The van der Waals surface area contributed by atoms with Gasteiger partial charge in [-0.15, -0.1) is 11.3 Å². The lowest BCUT2D eigenvalue weighted by atomic mass is 9.89. The predicted octanol–water partition coefficient (Wildman–Crippen LogP) is 4.25. The Morgan fingerprint density at radius 1 is 1.17 bits per heavy atom. The lowest BCUT2D eigenvalue weighted by Crippen LogP contribution is -2.07. The van der Waals surface area contributed by atoms with Gasteiger partial charge in [0, 0.05) is 11.3 Å². The van der Waals surface area contributed by atoms with Crippen LogP contribution in [-0.2, 0) is 6.42 Å². The number of thiazole rings is 1. The first-order valence-corrected chi connectivity index (χ1v) is 8.13. The fraction of sp³-hybridized carbons (Fsp3) is 0.167. The summed E-state index contributed by atoms with van der Waals surface area (Å²) in [5.41, 5.74) is 8.36. The average molecular weight is 328 g/mol. The molecule has 0 aliphatic carbocycles. The Balaban J connectivity index is 1.98. The van der Waals surface area contributed by atoms with E-state index in [9.17, 15) is 4.39 Å². The van der Waals surface area contributed by atoms with Gasteiger partial charge < -0.3 is 10.5 Å². The van der Waals surface area contributed by atoms with Crippen molar-refractivity contribution < 1.29 is 9.13 Å². The number of anilines is 1. The molecule has 23 heavy (non-hydrogen) atoms. The standard InChI is InChI=1S/C18H17FN2OS/c1-22-14-8-6-12(7-9-14)15(17-11-23-18(20)21-17)10-13-4-2-3-5-16(13)19/h2-9,11,15H,10H2,1H3,(H2,20,21). The molecule has 3 aromatic rings. The fourth-order valence-electron chi connectivity index (χ4n) is 2.57. The van der Waals surface area contributed by atoms with E-state index < -0.39 is 0 Å². The monoisotopic (exact) mass is 328 g/mol. The Morgan fingerprint density at radius 2 is 1.91 bits per heavy atom. The lowest BCUT2D eigenvalue weighted by molar-refractivity contribution is 0.414. The summed E-state index contributed by atoms with van der Waals surface area (Å²) in [4.78, 5) is 4.40. The average Bonchev–Trinajstić information content (AvgIpc) is 3.00. The van der Waals surface area contributed by atoms with Gasteiger partial charge in [0.1, 0.15) is 11.6 Å². The Labute approximate surface area is 138 Å². The zero-order valence-electron chi connectivity index (χ0n) is 12.7. The number of ether oxygens (including phenoxy) is 1. The zero-order chi connectivity index (χ0) is 16.2. The molecular formula is C18H17FN2OS. The topological polar surface area (TPSA) is 48.1 Å². The lowest BCUT2D eigenvalue weighted by Gasteiger charge is -2.16. The molecule has 2 N–H and O–H groups in total. The van der Waals surface area contributed by atoms with Gasteiger partial charge in [-0.2, -0.15) is 0 Å². The van der Waals surface area contributed by atoms with Crippen LogP contribution in [0.3, 0.4) is 0 Å². The third kappa shape index (κ3) is 3.51. The molecule has 0 aliphatic heterocycles. The maximum absolute atomic E-state index is 14.0. The largest absolute Gasteiger partial charge is 0.497 e. The van der Waals surface area contributed by atoms with Crippen LogP contribution in [0.25, 0.3) is 0 Å². The summed E-state index contributed by atoms with van der Waals surface area (Å²) >= 11 is 1.40.